The second-order valence-electron chi connectivity index (χ2n) is 6.85. The zero-order valence-corrected chi connectivity index (χ0v) is 15.7. The molecule has 0 saturated heterocycles. The lowest BCUT2D eigenvalue weighted by Gasteiger charge is -2.28. The third-order valence-corrected chi connectivity index (χ3v) is 3.98. The summed E-state index contributed by atoms with van der Waals surface area (Å²) in [6.45, 7) is 3.66. The maximum absolute atomic E-state index is 12.9. The Morgan fingerprint density at radius 1 is 1.07 bits per heavy atom. The van der Waals surface area contributed by atoms with E-state index in [-0.39, 0.29) is 6.41 Å². The Hall–Kier alpha value is -3.42. The summed E-state index contributed by atoms with van der Waals surface area (Å²) < 4.78 is 12.9. The second-order valence-corrected chi connectivity index (χ2v) is 6.85. The van der Waals surface area contributed by atoms with Crippen LogP contribution in [0.2, 0.25) is 0 Å². The molecule has 0 aliphatic carbocycles. The number of nitrogens with zero attached hydrogens (tertiary/aromatic N) is 1. The van der Waals surface area contributed by atoms with Crippen molar-refractivity contribution in [1.82, 2.24) is 15.8 Å². The van der Waals surface area contributed by atoms with Gasteiger partial charge >= 0.3 is 12.1 Å². The normalized spacial score (nSPS) is 10.7. The first-order valence-electron chi connectivity index (χ1n) is 8.73. The Kier molecular flexibility index (Phi) is 7.08. The third-order valence-electron chi connectivity index (χ3n) is 3.98. The number of amides is 5. The highest BCUT2D eigenvalue weighted by Crippen LogP contribution is 2.14. The summed E-state index contributed by atoms with van der Waals surface area (Å²) in [5, 5.41) is 5.64. The third kappa shape index (κ3) is 6.71. The number of halogens is 1. The van der Waals surface area contributed by atoms with Gasteiger partial charge < -0.3 is 10.6 Å². The summed E-state index contributed by atoms with van der Waals surface area (Å²) in [6.07, 6.45) is 1.58. The number of urea groups is 2. The van der Waals surface area contributed by atoms with E-state index < -0.39 is 23.4 Å². The number of aryl methyl sites for hydroxylation is 1. The standard InChI is InChI=1S/C20H23FN4O3/c1-20(2,13-12-15-6-4-3-5-7-15)23-19(28)25(14-26)24-18(27)22-17-10-8-16(21)9-11-17/h3-11,14H,12-13H2,1-2H3,(H,23,28)(H2,22,24,27). The smallest absolute Gasteiger partial charge is 0.331 e. The molecule has 0 spiro atoms. The van der Waals surface area contributed by atoms with Crippen molar-refractivity contribution in [1.29, 1.82) is 0 Å². The summed E-state index contributed by atoms with van der Waals surface area (Å²) in [6, 6.07) is 13.3. The van der Waals surface area contributed by atoms with Crippen LogP contribution in [0.25, 0.3) is 0 Å². The lowest BCUT2D eigenvalue weighted by Crippen LogP contribution is -2.56. The molecule has 3 N–H and O–H groups in total. The van der Waals surface area contributed by atoms with Crippen molar-refractivity contribution in [2.45, 2.75) is 32.2 Å². The highest BCUT2D eigenvalue weighted by molar-refractivity contribution is 5.93. The van der Waals surface area contributed by atoms with E-state index in [1.165, 1.54) is 24.3 Å². The Labute approximate surface area is 162 Å². The minimum atomic E-state index is -0.809. The SMILES string of the molecule is CC(C)(CCc1ccccc1)NC(=O)N(C=O)NC(=O)Nc1ccc(F)cc1. The lowest BCUT2D eigenvalue weighted by atomic mass is 9.95. The van der Waals surface area contributed by atoms with Gasteiger partial charge in [-0.1, -0.05) is 30.3 Å². The van der Waals surface area contributed by atoms with Gasteiger partial charge in [0.05, 0.1) is 0 Å². The fourth-order valence-corrected chi connectivity index (χ4v) is 2.44. The van der Waals surface area contributed by atoms with Crippen molar-refractivity contribution in [3.05, 3.63) is 66.0 Å². The Bertz CT molecular complexity index is 810. The van der Waals surface area contributed by atoms with Crippen LogP contribution < -0.4 is 16.1 Å². The summed E-state index contributed by atoms with van der Waals surface area (Å²) in [5.74, 6) is -0.447. The molecule has 0 saturated carbocycles. The maximum Gasteiger partial charge on any atom is 0.343 e. The lowest BCUT2D eigenvalue weighted by molar-refractivity contribution is -0.117. The minimum Gasteiger partial charge on any atom is -0.331 e. The molecule has 28 heavy (non-hydrogen) atoms. The molecule has 0 bridgehead atoms. The second kappa shape index (κ2) is 9.50. The van der Waals surface area contributed by atoms with Gasteiger partial charge in [-0.2, -0.15) is 5.01 Å². The monoisotopic (exact) mass is 386 g/mol. The predicted molar refractivity (Wildman–Crippen MR) is 104 cm³/mol. The van der Waals surface area contributed by atoms with Crippen LogP contribution in [0.5, 0.6) is 0 Å². The number of anilines is 1. The van der Waals surface area contributed by atoms with Gasteiger partial charge in [-0.3, -0.25) is 4.79 Å². The van der Waals surface area contributed by atoms with Crippen LogP contribution in [0, 0.1) is 5.82 Å². The molecule has 0 aliphatic rings. The molecular weight excluding hydrogens is 363 g/mol. The van der Waals surface area contributed by atoms with Crippen molar-refractivity contribution < 1.29 is 18.8 Å². The van der Waals surface area contributed by atoms with Crippen molar-refractivity contribution in [2.24, 2.45) is 0 Å². The minimum absolute atomic E-state index is 0.201. The molecule has 0 fully saturated rings. The van der Waals surface area contributed by atoms with Crippen molar-refractivity contribution in [2.75, 3.05) is 5.32 Å². The predicted octanol–water partition coefficient (Wildman–Crippen LogP) is 3.44. The summed E-state index contributed by atoms with van der Waals surface area (Å²) >= 11 is 0. The topological polar surface area (TPSA) is 90.5 Å². The molecule has 2 aromatic rings. The van der Waals surface area contributed by atoms with Gasteiger partial charge in [0.15, 0.2) is 0 Å². The molecule has 0 radical (unpaired) electrons. The van der Waals surface area contributed by atoms with E-state index in [1.54, 1.807) is 0 Å². The first kappa shape index (κ1) is 20.9. The molecule has 2 rings (SSSR count). The van der Waals surface area contributed by atoms with Crippen LogP contribution in [0.1, 0.15) is 25.8 Å². The highest BCUT2D eigenvalue weighted by Gasteiger charge is 2.24. The first-order chi connectivity index (χ1) is 13.3. The van der Waals surface area contributed by atoms with E-state index in [0.29, 0.717) is 17.1 Å². The number of benzene rings is 2. The van der Waals surface area contributed by atoms with E-state index >= 15 is 0 Å². The average molecular weight is 386 g/mol. The molecule has 2 aromatic carbocycles. The van der Waals surface area contributed by atoms with Gasteiger partial charge in [-0.15, -0.1) is 0 Å². The molecule has 0 unspecified atom stereocenters. The quantitative estimate of drug-likeness (QED) is 0.525. The van der Waals surface area contributed by atoms with E-state index in [1.807, 2.05) is 44.2 Å². The van der Waals surface area contributed by atoms with Crippen molar-refractivity contribution in [3.8, 4) is 0 Å². The molecule has 8 heteroatoms. The number of rotatable bonds is 6. The summed E-state index contributed by atoms with van der Waals surface area (Å²) in [7, 11) is 0. The van der Waals surface area contributed by atoms with Gasteiger partial charge in [0.25, 0.3) is 0 Å². The van der Waals surface area contributed by atoms with Crippen LogP contribution in [0.15, 0.2) is 54.6 Å². The number of hydrogen-bond acceptors (Lipinski definition) is 3. The van der Waals surface area contributed by atoms with Crippen LogP contribution in [0.3, 0.4) is 0 Å². The van der Waals surface area contributed by atoms with Gasteiger partial charge in [0.2, 0.25) is 6.41 Å². The number of hydrazine groups is 1. The van der Waals surface area contributed by atoms with Gasteiger partial charge in [-0.05, 0) is 56.5 Å². The number of nitrogens with one attached hydrogen (secondary N) is 3. The fraction of sp³-hybridized carbons (Fsp3) is 0.250. The van der Waals surface area contributed by atoms with Crippen molar-refractivity contribution >= 4 is 24.2 Å². The molecule has 0 aromatic heterocycles. The Morgan fingerprint density at radius 2 is 1.71 bits per heavy atom. The fourth-order valence-electron chi connectivity index (χ4n) is 2.44. The molecule has 5 amide bonds. The van der Waals surface area contributed by atoms with E-state index in [4.69, 9.17) is 0 Å². The van der Waals surface area contributed by atoms with Crippen LogP contribution >= 0.6 is 0 Å². The number of hydrogen-bond donors (Lipinski definition) is 3. The van der Waals surface area contributed by atoms with Crippen molar-refractivity contribution in [3.63, 3.8) is 0 Å². The van der Waals surface area contributed by atoms with Gasteiger partial charge in [0.1, 0.15) is 5.82 Å². The highest BCUT2D eigenvalue weighted by atomic mass is 19.1. The first-order valence-corrected chi connectivity index (χ1v) is 8.73. The number of carbonyl (C=O) groups excluding carboxylic acids is 3. The molecular formula is C20H23FN4O3. The molecule has 0 heterocycles. The molecule has 0 atom stereocenters. The van der Waals surface area contributed by atoms with Gasteiger partial charge in [0, 0.05) is 11.2 Å². The largest absolute Gasteiger partial charge is 0.343 e. The van der Waals surface area contributed by atoms with Gasteiger partial charge in [-0.25, -0.2) is 19.4 Å². The Morgan fingerprint density at radius 3 is 2.32 bits per heavy atom. The number of carbonyl (C=O) groups is 3. The zero-order chi connectivity index (χ0) is 20.6. The average Bonchev–Trinajstić information content (AvgIpc) is 2.67. The molecule has 148 valence electrons. The number of imide groups is 1. The van der Waals surface area contributed by atoms with E-state index in [2.05, 4.69) is 16.1 Å². The molecule has 7 nitrogen and oxygen atoms in total. The van der Waals surface area contributed by atoms with Crippen LogP contribution in [-0.2, 0) is 11.2 Å². The maximum atomic E-state index is 12.9. The van der Waals surface area contributed by atoms with E-state index in [9.17, 15) is 18.8 Å². The zero-order valence-electron chi connectivity index (χ0n) is 15.7. The molecule has 0 aliphatic heterocycles. The summed E-state index contributed by atoms with van der Waals surface area (Å²) in [5.41, 5.74) is 2.97. The van der Waals surface area contributed by atoms with Crippen LogP contribution in [-0.4, -0.2) is 29.0 Å². The van der Waals surface area contributed by atoms with Crippen LogP contribution in [0.4, 0.5) is 19.7 Å². The Balaban J connectivity index is 1.87. The summed E-state index contributed by atoms with van der Waals surface area (Å²) in [4.78, 5) is 35.5. The van der Waals surface area contributed by atoms with E-state index in [0.717, 1.165) is 12.0 Å².